The fourth-order valence-electron chi connectivity index (χ4n) is 3.64. The summed E-state index contributed by atoms with van der Waals surface area (Å²) in [5.41, 5.74) is 2.29. The van der Waals surface area contributed by atoms with Gasteiger partial charge in [0.2, 0.25) is 0 Å². The van der Waals surface area contributed by atoms with Crippen molar-refractivity contribution in [3.63, 3.8) is 0 Å². The minimum atomic E-state index is -0.551. The predicted octanol–water partition coefficient (Wildman–Crippen LogP) is 4.17. The zero-order valence-electron chi connectivity index (χ0n) is 16.9. The molecule has 0 saturated carbocycles. The predicted molar refractivity (Wildman–Crippen MR) is 109 cm³/mol. The number of nitrogens with zero attached hydrogens (tertiary/aromatic N) is 2. The lowest BCUT2D eigenvalue weighted by atomic mass is 10.0. The molecule has 0 aliphatic carbocycles. The topological polar surface area (TPSA) is 65.4 Å². The highest BCUT2D eigenvalue weighted by Gasteiger charge is 2.32. The van der Waals surface area contributed by atoms with E-state index >= 15 is 0 Å². The third-order valence-corrected chi connectivity index (χ3v) is 5.11. The number of nitrogens with one attached hydrogen (secondary N) is 1. The molecular weight excluding hydrogens is 378 g/mol. The van der Waals surface area contributed by atoms with E-state index in [0.717, 1.165) is 17.8 Å². The molecule has 1 aliphatic heterocycles. The van der Waals surface area contributed by atoms with Crippen molar-refractivity contribution in [2.45, 2.75) is 45.8 Å². The number of aromatic nitrogens is 2. The van der Waals surface area contributed by atoms with Crippen LogP contribution in [-0.4, -0.2) is 41.2 Å². The first kappa shape index (κ1) is 20.8. The lowest BCUT2D eigenvalue weighted by molar-refractivity contribution is -0.153. The third-order valence-electron chi connectivity index (χ3n) is 4.88. The normalized spacial score (nSPS) is 17.1. The maximum atomic E-state index is 12.9. The van der Waals surface area contributed by atoms with Gasteiger partial charge in [-0.15, -0.1) is 0 Å². The number of hydrogen-bond donors (Lipinski definition) is 1. The molecule has 6 nitrogen and oxygen atoms in total. The van der Waals surface area contributed by atoms with E-state index in [2.05, 4.69) is 17.3 Å². The molecule has 1 unspecified atom stereocenters. The molecule has 2 aromatic rings. The Labute approximate surface area is 171 Å². The Morgan fingerprint density at radius 1 is 1.32 bits per heavy atom. The lowest BCUT2D eigenvalue weighted by Gasteiger charge is -2.26. The highest BCUT2D eigenvalue weighted by atomic mass is 35.5. The number of carbonyl (C=O) groups excluding carboxylic acids is 1. The second-order valence-electron chi connectivity index (χ2n) is 7.84. The molecule has 0 radical (unpaired) electrons. The van der Waals surface area contributed by atoms with E-state index in [9.17, 15) is 4.79 Å². The molecule has 1 amide bonds. The van der Waals surface area contributed by atoms with Gasteiger partial charge in [0, 0.05) is 18.0 Å². The summed E-state index contributed by atoms with van der Waals surface area (Å²) < 4.78 is 13.1. The van der Waals surface area contributed by atoms with Crippen LogP contribution in [0.15, 0.2) is 30.5 Å². The Bertz CT molecular complexity index is 828. The van der Waals surface area contributed by atoms with E-state index in [1.54, 1.807) is 10.9 Å². The highest BCUT2D eigenvalue weighted by molar-refractivity contribution is 6.30. The van der Waals surface area contributed by atoms with Crippen molar-refractivity contribution < 1.29 is 14.3 Å². The molecule has 1 N–H and O–H groups in total. The van der Waals surface area contributed by atoms with Crippen molar-refractivity contribution in [2.24, 2.45) is 5.92 Å². The van der Waals surface area contributed by atoms with Crippen molar-refractivity contribution in [2.75, 3.05) is 19.8 Å². The fraction of sp³-hybridized carbons (Fsp3) is 0.524. The van der Waals surface area contributed by atoms with Crippen LogP contribution in [0.5, 0.6) is 0 Å². The van der Waals surface area contributed by atoms with Crippen LogP contribution in [0.3, 0.4) is 0 Å². The molecule has 1 aliphatic rings. The minimum Gasteiger partial charge on any atom is -0.352 e. The van der Waals surface area contributed by atoms with Gasteiger partial charge in [-0.1, -0.05) is 38.4 Å². The first-order valence-electron chi connectivity index (χ1n) is 9.69. The van der Waals surface area contributed by atoms with Crippen LogP contribution < -0.4 is 5.32 Å². The summed E-state index contributed by atoms with van der Waals surface area (Å²) in [6.07, 6.45) is 2.35. The molecular formula is C21H28ClN3O3. The van der Waals surface area contributed by atoms with Crippen molar-refractivity contribution in [1.29, 1.82) is 0 Å². The van der Waals surface area contributed by atoms with Crippen molar-refractivity contribution in [3.05, 3.63) is 46.7 Å². The molecule has 1 aromatic carbocycles. The van der Waals surface area contributed by atoms with Crippen LogP contribution in [-0.2, 0) is 9.47 Å². The summed E-state index contributed by atoms with van der Waals surface area (Å²) in [7, 11) is 0. The number of halogens is 1. The Hall–Kier alpha value is -1.89. The van der Waals surface area contributed by atoms with Crippen LogP contribution in [0.1, 0.15) is 56.1 Å². The average Bonchev–Trinajstić information content (AvgIpc) is 3.26. The summed E-state index contributed by atoms with van der Waals surface area (Å²) in [5, 5.41) is 8.11. The SMILES string of the molecule is CC(CNC(=O)c1cnn(-c2cccc(Cl)c2)c1C(C)C)CC1(C)OCCO1. The third kappa shape index (κ3) is 4.74. The lowest BCUT2D eigenvalue weighted by Crippen LogP contribution is -2.34. The number of hydrogen-bond acceptors (Lipinski definition) is 4. The van der Waals surface area contributed by atoms with E-state index in [0.29, 0.717) is 30.3 Å². The second kappa shape index (κ2) is 8.64. The first-order chi connectivity index (χ1) is 13.3. The molecule has 3 rings (SSSR count). The van der Waals surface area contributed by atoms with Gasteiger partial charge in [0.1, 0.15) is 0 Å². The van der Waals surface area contributed by atoms with E-state index in [1.807, 2.05) is 45.0 Å². The monoisotopic (exact) mass is 405 g/mol. The Morgan fingerprint density at radius 3 is 2.68 bits per heavy atom. The molecule has 152 valence electrons. The molecule has 1 atom stereocenters. The standard InChI is InChI=1S/C21H28ClN3O3/c1-14(2)19-18(13-24-25(19)17-7-5-6-16(22)10-17)20(26)23-12-15(3)11-21(4)27-8-9-28-21/h5-7,10,13-15H,8-9,11-12H2,1-4H3,(H,23,26). The van der Waals surface area contributed by atoms with Crippen molar-refractivity contribution in [3.8, 4) is 5.69 Å². The van der Waals surface area contributed by atoms with Gasteiger partial charge in [-0.05, 0) is 37.0 Å². The highest BCUT2D eigenvalue weighted by Crippen LogP contribution is 2.27. The van der Waals surface area contributed by atoms with E-state index in [4.69, 9.17) is 21.1 Å². The average molecular weight is 406 g/mol. The number of ether oxygens (including phenoxy) is 2. The molecule has 0 spiro atoms. The summed E-state index contributed by atoms with van der Waals surface area (Å²) in [5.74, 6) is -0.330. The van der Waals surface area contributed by atoms with Gasteiger partial charge in [-0.3, -0.25) is 4.79 Å². The largest absolute Gasteiger partial charge is 0.352 e. The van der Waals surface area contributed by atoms with Gasteiger partial charge in [-0.2, -0.15) is 5.10 Å². The fourth-order valence-corrected chi connectivity index (χ4v) is 3.83. The summed E-state index contributed by atoms with van der Waals surface area (Å²) in [6.45, 7) is 9.91. The summed E-state index contributed by atoms with van der Waals surface area (Å²) in [6, 6.07) is 7.46. The molecule has 1 aromatic heterocycles. The minimum absolute atomic E-state index is 0.123. The molecule has 2 heterocycles. The first-order valence-corrected chi connectivity index (χ1v) is 10.1. The van der Waals surface area contributed by atoms with Gasteiger partial charge in [0.15, 0.2) is 5.79 Å². The molecule has 28 heavy (non-hydrogen) atoms. The zero-order valence-corrected chi connectivity index (χ0v) is 17.6. The number of amides is 1. The quantitative estimate of drug-likeness (QED) is 0.750. The van der Waals surface area contributed by atoms with E-state index in [-0.39, 0.29) is 17.7 Å². The van der Waals surface area contributed by atoms with Crippen LogP contribution in [0.4, 0.5) is 0 Å². The van der Waals surface area contributed by atoms with Gasteiger partial charge in [0.25, 0.3) is 5.91 Å². The number of carbonyl (C=O) groups is 1. The van der Waals surface area contributed by atoms with Gasteiger partial charge < -0.3 is 14.8 Å². The van der Waals surface area contributed by atoms with Gasteiger partial charge in [0.05, 0.1) is 36.4 Å². The molecule has 1 fully saturated rings. The van der Waals surface area contributed by atoms with Crippen LogP contribution in [0, 0.1) is 5.92 Å². The van der Waals surface area contributed by atoms with E-state index < -0.39 is 5.79 Å². The number of benzene rings is 1. The molecule has 0 bridgehead atoms. The number of rotatable bonds is 7. The molecule has 1 saturated heterocycles. The van der Waals surface area contributed by atoms with E-state index in [1.165, 1.54) is 0 Å². The second-order valence-corrected chi connectivity index (χ2v) is 8.28. The Balaban J connectivity index is 1.71. The maximum absolute atomic E-state index is 12.9. The van der Waals surface area contributed by atoms with Crippen molar-refractivity contribution >= 4 is 17.5 Å². The summed E-state index contributed by atoms with van der Waals surface area (Å²) in [4.78, 5) is 12.9. The smallest absolute Gasteiger partial charge is 0.254 e. The van der Waals surface area contributed by atoms with Crippen LogP contribution in [0.2, 0.25) is 5.02 Å². The Kier molecular flexibility index (Phi) is 6.43. The van der Waals surface area contributed by atoms with Crippen LogP contribution >= 0.6 is 11.6 Å². The summed E-state index contributed by atoms with van der Waals surface area (Å²) >= 11 is 6.12. The van der Waals surface area contributed by atoms with Gasteiger partial charge >= 0.3 is 0 Å². The maximum Gasteiger partial charge on any atom is 0.254 e. The van der Waals surface area contributed by atoms with Crippen LogP contribution in [0.25, 0.3) is 5.69 Å². The molecule has 7 heteroatoms. The zero-order chi connectivity index (χ0) is 20.3. The Morgan fingerprint density at radius 2 is 2.04 bits per heavy atom. The van der Waals surface area contributed by atoms with Crippen molar-refractivity contribution in [1.82, 2.24) is 15.1 Å². The van der Waals surface area contributed by atoms with Gasteiger partial charge in [-0.25, -0.2) is 4.68 Å².